The predicted molar refractivity (Wildman–Crippen MR) is 82.1 cm³/mol. The van der Waals surface area contributed by atoms with Crippen LogP contribution in [0.5, 0.6) is 0 Å². The van der Waals surface area contributed by atoms with Crippen molar-refractivity contribution in [3.8, 4) is 0 Å². The van der Waals surface area contributed by atoms with Gasteiger partial charge < -0.3 is 0 Å². The van der Waals surface area contributed by atoms with E-state index in [0.717, 1.165) is 18.4 Å². The molecular formula is C13H13FN2O4S2. The van der Waals surface area contributed by atoms with Gasteiger partial charge in [0, 0.05) is 11.4 Å². The molecule has 0 amide bonds. The summed E-state index contributed by atoms with van der Waals surface area (Å²) in [4.78, 5) is -0.0455. The quantitative estimate of drug-likeness (QED) is 0.868. The summed E-state index contributed by atoms with van der Waals surface area (Å²) < 4.78 is 63.8. The number of nitrogens with one attached hydrogen (secondary N) is 2. The van der Waals surface area contributed by atoms with Crippen LogP contribution in [0.2, 0.25) is 0 Å². The third-order valence-corrected chi connectivity index (χ3v) is 4.57. The van der Waals surface area contributed by atoms with E-state index in [1.807, 2.05) is 0 Å². The van der Waals surface area contributed by atoms with E-state index in [-0.39, 0.29) is 16.3 Å². The Labute approximate surface area is 128 Å². The van der Waals surface area contributed by atoms with Crippen molar-refractivity contribution in [2.45, 2.75) is 4.90 Å². The first-order valence-electron chi connectivity index (χ1n) is 6.02. The lowest BCUT2D eigenvalue weighted by molar-refractivity contribution is 0.600. The monoisotopic (exact) mass is 344 g/mol. The maximum absolute atomic E-state index is 12.8. The Morgan fingerprint density at radius 1 is 0.773 bits per heavy atom. The standard InChI is InChI=1S/C13H13FN2O4S2/c1-21(17,18)15-11-6-8-13(9-7-11)22(19,20)16-12-4-2-10(14)3-5-12/h2-9,15-16H,1H3. The number of hydrogen-bond acceptors (Lipinski definition) is 4. The smallest absolute Gasteiger partial charge is 0.261 e. The van der Waals surface area contributed by atoms with Gasteiger partial charge in [0.2, 0.25) is 10.0 Å². The summed E-state index contributed by atoms with van der Waals surface area (Å²) >= 11 is 0. The van der Waals surface area contributed by atoms with Crippen LogP contribution in [0.1, 0.15) is 0 Å². The molecule has 0 unspecified atom stereocenters. The van der Waals surface area contributed by atoms with E-state index < -0.39 is 25.9 Å². The fourth-order valence-electron chi connectivity index (χ4n) is 1.65. The average molecular weight is 344 g/mol. The first-order chi connectivity index (χ1) is 10.2. The highest BCUT2D eigenvalue weighted by Crippen LogP contribution is 2.18. The van der Waals surface area contributed by atoms with Gasteiger partial charge in [-0.25, -0.2) is 21.2 Å². The van der Waals surface area contributed by atoms with E-state index in [9.17, 15) is 21.2 Å². The van der Waals surface area contributed by atoms with Gasteiger partial charge in [-0.3, -0.25) is 9.44 Å². The Balaban J connectivity index is 2.21. The minimum atomic E-state index is -3.84. The molecule has 0 radical (unpaired) electrons. The van der Waals surface area contributed by atoms with Gasteiger partial charge in [-0.05, 0) is 48.5 Å². The molecule has 0 fully saturated rings. The zero-order chi connectivity index (χ0) is 16.4. The minimum absolute atomic E-state index is 0.0455. The number of hydrogen-bond donors (Lipinski definition) is 2. The summed E-state index contributed by atoms with van der Waals surface area (Å²) in [5.74, 6) is -0.473. The van der Waals surface area contributed by atoms with E-state index in [4.69, 9.17) is 0 Å². The molecule has 0 atom stereocenters. The van der Waals surface area contributed by atoms with Crippen molar-refractivity contribution < 1.29 is 21.2 Å². The Bertz CT molecular complexity index is 861. The van der Waals surface area contributed by atoms with E-state index in [2.05, 4.69) is 9.44 Å². The first kappa shape index (κ1) is 16.2. The largest absolute Gasteiger partial charge is 0.284 e. The highest BCUT2D eigenvalue weighted by atomic mass is 32.2. The van der Waals surface area contributed by atoms with Crippen LogP contribution in [0.4, 0.5) is 15.8 Å². The first-order valence-corrected chi connectivity index (χ1v) is 9.39. The number of anilines is 2. The molecule has 0 bridgehead atoms. The van der Waals surface area contributed by atoms with Gasteiger partial charge in [-0.2, -0.15) is 0 Å². The van der Waals surface area contributed by atoms with Crippen LogP contribution in [0.3, 0.4) is 0 Å². The second-order valence-corrected chi connectivity index (χ2v) is 7.94. The summed E-state index contributed by atoms with van der Waals surface area (Å²) in [6.45, 7) is 0. The topological polar surface area (TPSA) is 92.3 Å². The fraction of sp³-hybridized carbons (Fsp3) is 0.0769. The Hall–Kier alpha value is -2.13. The third-order valence-electron chi connectivity index (χ3n) is 2.56. The molecule has 0 spiro atoms. The molecule has 0 aliphatic carbocycles. The zero-order valence-corrected chi connectivity index (χ0v) is 13.1. The molecule has 2 N–H and O–H groups in total. The van der Waals surface area contributed by atoms with Crippen LogP contribution in [0.15, 0.2) is 53.4 Å². The van der Waals surface area contributed by atoms with Gasteiger partial charge in [-0.15, -0.1) is 0 Å². The second-order valence-electron chi connectivity index (χ2n) is 4.51. The van der Waals surface area contributed by atoms with E-state index in [1.54, 1.807) is 0 Å². The molecule has 6 nitrogen and oxygen atoms in total. The summed E-state index contributed by atoms with van der Waals surface area (Å²) in [5, 5.41) is 0. The molecule has 2 aromatic carbocycles. The van der Waals surface area contributed by atoms with Gasteiger partial charge in [0.05, 0.1) is 11.2 Å². The second kappa shape index (κ2) is 5.93. The van der Waals surface area contributed by atoms with Crippen LogP contribution in [0.25, 0.3) is 0 Å². The summed E-state index contributed by atoms with van der Waals surface area (Å²) in [5.41, 5.74) is 0.475. The lowest BCUT2D eigenvalue weighted by Gasteiger charge is -2.09. The predicted octanol–water partition coefficient (Wildman–Crippen LogP) is 2.00. The van der Waals surface area contributed by atoms with E-state index >= 15 is 0 Å². The fourth-order valence-corrected chi connectivity index (χ4v) is 3.27. The lowest BCUT2D eigenvalue weighted by atomic mass is 10.3. The lowest BCUT2D eigenvalue weighted by Crippen LogP contribution is -2.13. The molecule has 22 heavy (non-hydrogen) atoms. The van der Waals surface area contributed by atoms with Crippen LogP contribution in [-0.4, -0.2) is 23.1 Å². The Morgan fingerprint density at radius 3 is 1.73 bits per heavy atom. The summed E-state index contributed by atoms with van der Waals surface area (Å²) in [7, 11) is -7.27. The van der Waals surface area contributed by atoms with Crippen molar-refractivity contribution in [2.75, 3.05) is 15.7 Å². The third kappa shape index (κ3) is 4.43. The van der Waals surface area contributed by atoms with Crippen molar-refractivity contribution in [2.24, 2.45) is 0 Å². The molecule has 118 valence electrons. The van der Waals surface area contributed by atoms with Crippen LogP contribution in [0, 0.1) is 5.82 Å². The molecule has 2 rings (SSSR count). The molecule has 0 aliphatic rings. The maximum Gasteiger partial charge on any atom is 0.261 e. The summed E-state index contributed by atoms with van der Waals surface area (Å²) in [6, 6.07) is 10.1. The van der Waals surface area contributed by atoms with Crippen molar-refractivity contribution in [3.05, 3.63) is 54.3 Å². The van der Waals surface area contributed by atoms with Crippen molar-refractivity contribution in [1.82, 2.24) is 0 Å². The highest BCUT2D eigenvalue weighted by Gasteiger charge is 2.14. The Morgan fingerprint density at radius 2 is 1.23 bits per heavy atom. The van der Waals surface area contributed by atoms with Crippen LogP contribution >= 0.6 is 0 Å². The molecule has 0 saturated carbocycles. The van der Waals surface area contributed by atoms with Crippen molar-refractivity contribution in [3.63, 3.8) is 0 Å². The molecule has 0 heterocycles. The normalized spacial score (nSPS) is 11.9. The van der Waals surface area contributed by atoms with E-state index in [1.165, 1.54) is 36.4 Å². The molecule has 0 aromatic heterocycles. The van der Waals surface area contributed by atoms with Crippen LogP contribution in [-0.2, 0) is 20.0 Å². The van der Waals surface area contributed by atoms with Gasteiger partial charge in [0.15, 0.2) is 0 Å². The van der Waals surface area contributed by atoms with Crippen molar-refractivity contribution in [1.29, 1.82) is 0 Å². The number of rotatable bonds is 5. The Kier molecular flexibility index (Phi) is 4.38. The SMILES string of the molecule is CS(=O)(=O)Nc1ccc(S(=O)(=O)Nc2ccc(F)cc2)cc1. The minimum Gasteiger partial charge on any atom is -0.284 e. The van der Waals surface area contributed by atoms with Gasteiger partial charge in [0.1, 0.15) is 5.82 Å². The highest BCUT2D eigenvalue weighted by molar-refractivity contribution is 7.92. The zero-order valence-electron chi connectivity index (χ0n) is 11.4. The van der Waals surface area contributed by atoms with Crippen LogP contribution < -0.4 is 9.44 Å². The average Bonchev–Trinajstić information content (AvgIpc) is 2.40. The van der Waals surface area contributed by atoms with E-state index in [0.29, 0.717) is 0 Å². The molecule has 0 aliphatic heterocycles. The molecule has 2 aromatic rings. The molecular weight excluding hydrogens is 331 g/mol. The number of sulfonamides is 2. The molecule has 9 heteroatoms. The van der Waals surface area contributed by atoms with Gasteiger partial charge in [-0.1, -0.05) is 0 Å². The van der Waals surface area contributed by atoms with Gasteiger partial charge in [0.25, 0.3) is 10.0 Å². The summed E-state index contributed by atoms with van der Waals surface area (Å²) in [6.07, 6.45) is 0.994. The number of halogens is 1. The number of benzene rings is 2. The van der Waals surface area contributed by atoms with Crippen molar-refractivity contribution >= 4 is 31.4 Å². The maximum atomic E-state index is 12.8. The van der Waals surface area contributed by atoms with Gasteiger partial charge >= 0.3 is 0 Å². The molecule has 0 saturated heterocycles.